The first-order valence-electron chi connectivity index (χ1n) is 6.80. The summed E-state index contributed by atoms with van der Waals surface area (Å²) in [4.78, 5) is 10.8. The van der Waals surface area contributed by atoms with E-state index in [-0.39, 0.29) is 16.9 Å². The van der Waals surface area contributed by atoms with Crippen LogP contribution >= 0.6 is 0 Å². The van der Waals surface area contributed by atoms with E-state index in [0.717, 1.165) is 31.0 Å². The minimum Gasteiger partial charge on any atom is -0.478 e. The van der Waals surface area contributed by atoms with Gasteiger partial charge < -0.3 is 5.11 Å². The minimum absolute atomic E-state index is 0.103. The van der Waals surface area contributed by atoms with Gasteiger partial charge in [-0.1, -0.05) is 13.8 Å². The molecule has 0 saturated carbocycles. The second-order valence-electron chi connectivity index (χ2n) is 5.52. The molecule has 1 N–H and O–H groups in total. The van der Waals surface area contributed by atoms with Gasteiger partial charge in [0.2, 0.25) is 10.0 Å². The van der Waals surface area contributed by atoms with Gasteiger partial charge in [-0.15, -0.1) is 0 Å². The molecule has 1 aliphatic heterocycles. The van der Waals surface area contributed by atoms with Crippen LogP contribution in [0, 0.1) is 11.7 Å². The van der Waals surface area contributed by atoms with Gasteiger partial charge in [-0.2, -0.15) is 4.31 Å². The van der Waals surface area contributed by atoms with Crippen LogP contribution in [0.15, 0.2) is 23.1 Å². The predicted octanol–water partition coefficient (Wildman–Crippen LogP) is 2.33. The van der Waals surface area contributed by atoms with Gasteiger partial charge in [-0.3, -0.25) is 0 Å². The van der Waals surface area contributed by atoms with Crippen molar-refractivity contribution in [2.45, 2.75) is 37.6 Å². The number of benzene rings is 1. The maximum atomic E-state index is 13.4. The van der Waals surface area contributed by atoms with E-state index in [2.05, 4.69) is 0 Å². The molecule has 7 heteroatoms. The van der Waals surface area contributed by atoms with E-state index in [1.165, 1.54) is 4.31 Å². The van der Waals surface area contributed by atoms with Crippen molar-refractivity contribution >= 4 is 16.0 Å². The fraction of sp³-hybridized carbons (Fsp3) is 0.500. The SMILES string of the molecule is CC(C)C1CCCN1S(=O)(=O)c1ccc(F)c(C(=O)O)c1. The van der Waals surface area contributed by atoms with Crippen LogP contribution in [0.2, 0.25) is 0 Å². The Balaban J connectivity index is 2.45. The van der Waals surface area contributed by atoms with E-state index in [0.29, 0.717) is 6.54 Å². The average molecular weight is 315 g/mol. The molecule has 21 heavy (non-hydrogen) atoms. The molecule has 1 heterocycles. The van der Waals surface area contributed by atoms with Crippen molar-refractivity contribution in [3.63, 3.8) is 0 Å². The number of nitrogens with zero attached hydrogens (tertiary/aromatic N) is 1. The van der Waals surface area contributed by atoms with Gasteiger partial charge in [0.05, 0.1) is 10.5 Å². The maximum absolute atomic E-state index is 13.4. The number of aromatic carboxylic acids is 1. The zero-order valence-electron chi connectivity index (χ0n) is 11.9. The van der Waals surface area contributed by atoms with Gasteiger partial charge in [0.1, 0.15) is 5.82 Å². The third-order valence-electron chi connectivity index (χ3n) is 3.79. The Hall–Kier alpha value is -1.47. The summed E-state index contributed by atoms with van der Waals surface area (Å²) < 4.78 is 40.1. The molecule has 0 amide bonds. The largest absolute Gasteiger partial charge is 0.478 e. The fourth-order valence-electron chi connectivity index (χ4n) is 2.69. The molecular formula is C14H18FNO4S. The number of carboxylic acid groups (broad SMARTS) is 1. The summed E-state index contributed by atoms with van der Waals surface area (Å²) in [5.74, 6) is -2.25. The number of carboxylic acids is 1. The molecule has 1 aromatic rings. The Bertz CT molecular complexity index is 657. The summed E-state index contributed by atoms with van der Waals surface area (Å²) in [6.45, 7) is 4.31. The summed E-state index contributed by atoms with van der Waals surface area (Å²) in [6, 6.07) is 2.79. The molecule has 0 spiro atoms. The van der Waals surface area contributed by atoms with Crippen molar-refractivity contribution in [2.24, 2.45) is 5.92 Å². The maximum Gasteiger partial charge on any atom is 0.338 e. The number of sulfonamides is 1. The lowest BCUT2D eigenvalue weighted by atomic mass is 10.0. The predicted molar refractivity (Wildman–Crippen MR) is 75.1 cm³/mol. The number of hydrogen-bond donors (Lipinski definition) is 1. The van der Waals surface area contributed by atoms with Gasteiger partial charge in [0.25, 0.3) is 0 Å². The van der Waals surface area contributed by atoms with Gasteiger partial charge in [0.15, 0.2) is 0 Å². The molecule has 2 rings (SSSR count). The number of hydrogen-bond acceptors (Lipinski definition) is 3. The lowest BCUT2D eigenvalue weighted by Crippen LogP contribution is -2.38. The molecule has 0 bridgehead atoms. The molecule has 5 nitrogen and oxygen atoms in total. The smallest absolute Gasteiger partial charge is 0.338 e. The van der Waals surface area contributed by atoms with E-state index >= 15 is 0 Å². The van der Waals surface area contributed by atoms with Gasteiger partial charge in [-0.05, 0) is 37.0 Å². The van der Waals surface area contributed by atoms with Crippen LogP contribution in [-0.2, 0) is 10.0 Å². The van der Waals surface area contributed by atoms with E-state index in [4.69, 9.17) is 5.11 Å². The van der Waals surface area contributed by atoms with Crippen LogP contribution in [0.4, 0.5) is 4.39 Å². The molecule has 1 atom stereocenters. The number of carbonyl (C=O) groups is 1. The van der Waals surface area contributed by atoms with E-state index in [1.54, 1.807) is 0 Å². The number of rotatable bonds is 4. The Kier molecular flexibility index (Phi) is 4.34. The van der Waals surface area contributed by atoms with Crippen LogP contribution in [0.1, 0.15) is 37.0 Å². The first kappa shape index (κ1) is 15.9. The van der Waals surface area contributed by atoms with E-state index in [1.807, 2.05) is 13.8 Å². The average Bonchev–Trinajstić information content (AvgIpc) is 2.88. The highest BCUT2D eigenvalue weighted by Gasteiger charge is 2.37. The van der Waals surface area contributed by atoms with E-state index < -0.39 is 27.4 Å². The third-order valence-corrected chi connectivity index (χ3v) is 5.71. The molecule has 0 radical (unpaired) electrons. The first-order valence-corrected chi connectivity index (χ1v) is 8.24. The Labute approximate surface area is 123 Å². The van der Waals surface area contributed by atoms with Crippen LogP contribution in [0.5, 0.6) is 0 Å². The highest BCUT2D eigenvalue weighted by molar-refractivity contribution is 7.89. The van der Waals surface area contributed by atoms with Gasteiger partial charge in [-0.25, -0.2) is 17.6 Å². The van der Waals surface area contributed by atoms with Crippen molar-refractivity contribution in [1.82, 2.24) is 4.31 Å². The highest BCUT2D eigenvalue weighted by Crippen LogP contribution is 2.30. The third kappa shape index (κ3) is 2.94. The Morgan fingerprint density at radius 2 is 2.10 bits per heavy atom. The van der Waals surface area contributed by atoms with Crippen LogP contribution in [0.3, 0.4) is 0 Å². The standard InChI is InChI=1S/C14H18FNO4S/c1-9(2)13-4-3-7-16(13)21(19,20)10-5-6-12(15)11(8-10)14(17)18/h5-6,8-9,13H,3-4,7H2,1-2H3,(H,17,18). The van der Waals surface area contributed by atoms with Crippen molar-refractivity contribution in [3.8, 4) is 0 Å². The van der Waals surface area contributed by atoms with Crippen molar-refractivity contribution in [1.29, 1.82) is 0 Å². The fourth-order valence-corrected chi connectivity index (χ4v) is 4.55. The second kappa shape index (κ2) is 5.73. The molecule has 0 aliphatic carbocycles. The highest BCUT2D eigenvalue weighted by atomic mass is 32.2. The van der Waals surface area contributed by atoms with Gasteiger partial charge >= 0.3 is 5.97 Å². The van der Waals surface area contributed by atoms with Crippen LogP contribution in [-0.4, -0.2) is 36.4 Å². The summed E-state index contributed by atoms with van der Waals surface area (Å²) >= 11 is 0. The Morgan fingerprint density at radius 1 is 1.43 bits per heavy atom. The molecule has 1 saturated heterocycles. The topological polar surface area (TPSA) is 74.7 Å². The minimum atomic E-state index is -3.80. The van der Waals surface area contributed by atoms with Crippen molar-refractivity contribution in [3.05, 3.63) is 29.6 Å². The Morgan fingerprint density at radius 3 is 2.67 bits per heavy atom. The normalized spacial score (nSPS) is 20.1. The summed E-state index contributed by atoms with van der Waals surface area (Å²) in [6.07, 6.45) is 1.55. The molecule has 1 fully saturated rings. The molecule has 1 aliphatic rings. The summed E-state index contributed by atoms with van der Waals surface area (Å²) in [5, 5.41) is 8.91. The molecule has 1 unspecified atom stereocenters. The van der Waals surface area contributed by atoms with Crippen LogP contribution < -0.4 is 0 Å². The molecule has 116 valence electrons. The quantitative estimate of drug-likeness (QED) is 0.925. The zero-order valence-corrected chi connectivity index (χ0v) is 12.7. The van der Waals surface area contributed by atoms with Crippen molar-refractivity contribution in [2.75, 3.05) is 6.54 Å². The zero-order chi connectivity index (χ0) is 15.8. The monoisotopic (exact) mass is 315 g/mol. The summed E-state index contributed by atoms with van der Waals surface area (Å²) in [7, 11) is -3.80. The van der Waals surface area contributed by atoms with Gasteiger partial charge in [0, 0.05) is 12.6 Å². The second-order valence-corrected chi connectivity index (χ2v) is 7.41. The first-order chi connectivity index (χ1) is 9.75. The van der Waals surface area contributed by atoms with Crippen molar-refractivity contribution < 1.29 is 22.7 Å². The van der Waals surface area contributed by atoms with E-state index in [9.17, 15) is 17.6 Å². The van der Waals surface area contributed by atoms with Crippen LogP contribution in [0.25, 0.3) is 0 Å². The lowest BCUT2D eigenvalue weighted by molar-refractivity contribution is 0.0691. The number of halogens is 1. The molecular weight excluding hydrogens is 297 g/mol. The molecule has 1 aromatic carbocycles. The lowest BCUT2D eigenvalue weighted by Gasteiger charge is -2.27. The molecule has 0 aromatic heterocycles. The summed E-state index contributed by atoms with van der Waals surface area (Å²) in [5.41, 5.74) is -0.628.